The van der Waals surface area contributed by atoms with Gasteiger partial charge in [-0.25, -0.2) is 0 Å². The number of nitrogens with one attached hydrogen (secondary N) is 1. The zero-order chi connectivity index (χ0) is 26.5. The number of ether oxygens (including phenoxy) is 1. The summed E-state index contributed by atoms with van der Waals surface area (Å²) in [6, 6.07) is 15.8. The van der Waals surface area contributed by atoms with Crippen LogP contribution in [0, 0.1) is 11.3 Å². The number of amides is 2. The lowest BCUT2D eigenvalue weighted by atomic mass is 9.77. The number of halogens is 2. The van der Waals surface area contributed by atoms with Crippen molar-refractivity contribution in [3.8, 4) is 5.75 Å². The fourth-order valence-electron chi connectivity index (χ4n) is 6.50. The highest BCUT2D eigenvalue weighted by Gasteiger charge is 2.47. The molecule has 0 radical (unpaired) electrons. The zero-order valence-corrected chi connectivity index (χ0v) is 24.4. The molecule has 5 rings (SSSR count). The van der Waals surface area contributed by atoms with Crippen LogP contribution < -0.4 is 10.1 Å². The van der Waals surface area contributed by atoms with Crippen LogP contribution in [0.3, 0.4) is 0 Å². The number of carbonyl (C=O) groups excluding carboxylic acids is 2. The predicted octanol–water partition coefficient (Wildman–Crippen LogP) is 6.02. The van der Waals surface area contributed by atoms with Crippen molar-refractivity contribution in [3.63, 3.8) is 0 Å². The maximum absolute atomic E-state index is 13.5. The third-order valence-corrected chi connectivity index (χ3v) is 9.21. The van der Waals surface area contributed by atoms with Gasteiger partial charge in [0.1, 0.15) is 5.75 Å². The van der Waals surface area contributed by atoms with E-state index in [0.717, 1.165) is 94.4 Å². The average Bonchev–Trinajstić information content (AvgIpc) is 3.58. The van der Waals surface area contributed by atoms with Gasteiger partial charge in [0.05, 0.1) is 18.6 Å². The smallest absolute Gasteiger partial charge is 0.229 e. The Balaban J connectivity index is 0.00000353. The molecule has 6 nitrogen and oxygen atoms in total. The molecular formula is C31H41Cl2N3O3. The van der Waals surface area contributed by atoms with Gasteiger partial charge in [0.15, 0.2) is 0 Å². The van der Waals surface area contributed by atoms with E-state index in [2.05, 4.69) is 16.3 Å². The summed E-state index contributed by atoms with van der Waals surface area (Å²) in [5.41, 5.74) is 1.99. The fraction of sp³-hybridized carbons (Fsp3) is 0.548. The van der Waals surface area contributed by atoms with Crippen LogP contribution in [-0.2, 0) is 16.1 Å². The maximum Gasteiger partial charge on any atom is 0.229 e. The second-order valence-corrected chi connectivity index (χ2v) is 11.8. The van der Waals surface area contributed by atoms with Gasteiger partial charge in [0.25, 0.3) is 0 Å². The van der Waals surface area contributed by atoms with Crippen LogP contribution in [0.4, 0.5) is 0 Å². The summed E-state index contributed by atoms with van der Waals surface area (Å²) in [5, 5.41) is 4.04. The lowest BCUT2D eigenvalue weighted by Gasteiger charge is -2.38. The first-order valence-electron chi connectivity index (χ1n) is 14.2. The molecule has 8 heteroatoms. The minimum Gasteiger partial charge on any atom is -0.497 e. The Hall–Kier alpha value is -2.28. The Morgan fingerprint density at radius 2 is 1.77 bits per heavy atom. The topological polar surface area (TPSA) is 61.9 Å². The second kappa shape index (κ2) is 13.4. The van der Waals surface area contributed by atoms with E-state index in [4.69, 9.17) is 16.3 Å². The van der Waals surface area contributed by atoms with E-state index in [0.29, 0.717) is 17.5 Å². The average molecular weight is 575 g/mol. The van der Waals surface area contributed by atoms with Gasteiger partial charge in [-0.2, -0.15) is 0 Å². The zero-order valence-electron chi connectivity index (χ0n) is 22.9. The fourth-order valence-corrected chi connectivity index (χ4v) is 6.70. The Morgan fingerprint density at radius 1 is 1.08 bits per heavy atom. The Labute approximate surface area is 243 Å². The molecule has 1 spiro atoms. The van der Waals surface area contributed by atoms with Crippen molar-refractivity contribution < 1.29 is 14.3 Å². The molecular weight excluding hydrogens is 533 g/mol. The van der Waals surface area contributed by atoms with Crippen LogP contribution in [0.1, 0.15) is 68.5 Å². The highest BCUT2D eigenvalue weighted by atomic mass is 35.5. The standard InChI is InChI=1S/C31H40ClN3O3.ClH/c1-38-27-11-9-23(10-12-27)22-35-20-16-31(30(35)37)14-18-34(19-15-31)17-13-28(25-7-4-8-26(32)21-25)33-29(36)24-5-2-3-6-24;/h4,7-12,21,24,28H,2-3,5-6,13-20,22H2,1H3,(H,33,36);1H. The summed E-state index contributed by atoms with van der Waals surface area (Å²) >= 11 is 6.30. The van der Waals surface area contributed by atoms with Crippen molar-refractivity contribution in [3.05, 3.63) is 64.7 Å². The summed E-state index contributed by atoms with van der Waals surface area (Å²) in [7, 11) is 1.67. The quantitative estimate of drug-likeness (QED) is 0.398. The molecule has 0 bridgehead atoms. The molecule has 212 valence electrons. The summed E-state index contributed by atoms with van der Waals surface area (Å²) in [6.45, 7) is 4.22. The summed E-state index contributed by atoms with van der Waals surface area (Å²) in [4.78, 5) is 30.9. The summed E-state index contributed by atoms with van der Waals surface area (Å²) < 4.78 is 5.26. The Morgan fingerprint density at radius 3 is 2.44 bits per heavy atom. The number of hydrogen-bond acceptors (Lipinski definition) is 4. The molecule has 1 aliphatic carbocycles. The number of hydrogen-bond donors (Lipinski definition) is 1. The predicted molar refractivity (Wildman–Crippen MR) is 157 cm³/mol. The minimum absolute atomic E-state index is 0. The van der Waals surface area contributed by atoms with Crippen molar-refractivity contribution >= 4 is 35.8 Å². The van der Waals surface area contributed by atoms with Crippen LogP contribution in [0.25, 0.3) is 0 Å². The molecule has 2 aliphatic heterocycles. The van der Waals surface area contributed by atoms with Crippen LogP contribution in [0.15, 0.2) is 48.5 Å². The van der Waals surface area contributed by atoms with E-state index in [1.165, 1.54) is 0 Å². The van der Waals surface area contributed by atoms with Crippen molar-refractivity contribution in [2.24, 2.45) is 11.3 Å². The van der Waals surface area contributed by atoms with Gasteiger partial charge in [-0.15, -0.1) is 12.4 Å². The van der Waals surface area contributed by atoms with Crippen LogP contribution in [-0.4, -0.2) is 54.9 Å². The normalized spacial score (nSPS) is 20.2. The molecule has 1 N–H and O–H groups in total. The van der Waals surface area contributed by atoms with E-state index >= 15 is 0 Å². The van der Waals surface area contributed by atoms with E-state index in [1.807, 2.05) is 47.4 Å². The minimum atomic E-state index is -0.216. The van der Waals surface area contributed by atoms with Gasteiger partial charge < -0.3 is 19.9 Å². The van der Waals surface area contributed by atoms with Gasteiger partial charge in [-0.3, -0.25) is 9.59 Å². The van der Waals surface area contributed by atoms with Crippen molar-refractivity contribution in [2.45, 2.75) is 64.0 Å². The Bertz CT molecular complexity index is 1110. The van der Waals surface area contributed by atoms with Crippen LogP contribution >= 0.6 is 24.0 Å². The summed E-state index contributed by atoms with van der Waals surface area (Å²) in [6.07, 6.45) is 7.86. The van der Waals surface area contributed by atoms with E-state index in [-0.39, 0.29) is 35.7 Å². The molecule has 2 aromatic carbocycles. The third kappa shape index (κ3) is 7.08. The number of carbonyl (C=O) groups is 2. The van der Waals surface area contributed by atoms with Crippen molar-refractivity contribution in [1.82, 2.24) is 15.1 Å². The highest BCUT2D eigenvalue weighted by Crippen LogP contribution is 2.42. The van der Waals surface area contributed by atoms with Crippen molar-refractivity contribution in [2.75, 3.05) is 33.3 Å². The first kappa shape index (κ1) is 29.7. The lowest BCUT2D eigenvalue weighted by molar-refractivity contribution is -0.139. The molecule has 2 heterocycles. The van der Waals surface area contributed by atoms with Crippen LogP contribution in [0.5, 0.6) is 5.75 Å². The Kier molecular flexibility index (Phi) is 10.2. The molecule has 3 aliphatic rings. The SMILES string of the molecule is COc1ccc(CN2CCC3(CCN(CCC(NC(=O)C4CCCC4)c4cccc(Cl)c4)CC3)C2=O)cc1.Cl. The van der Waals surface area contributed by atoms with Crippen LogP contribution in [0.2, 0.25) is 5.02 Å². The van der Waals surface area contributed by atoms with Gasteiger partial charge in [-0.05, 0) is 87.0 Å². The molecule has 1 atom stereocenters. The lowest BCUT2D eigenvalue weighted by Crippen LogP contribution is -2.45. The van der Waals surface area contributed by atoms with E-state index in [1.54, 1.807) is 7.11 Å². The van der Waals surface area contributed by atoms with E-state index in [9.17, 15) is 9.59 Å². The van der Waals surface area contributed by atoms with Gasteiger partial charge in [-0.1, -0.05) is 48.7 Å². The maximum atomic E-state index is 13.5. The monoisotopic (exact) mass is 573 g/mol. The number of likely N-dealkylation sites (tertiary alicyclic amines) is 2. The molecule has 2 amide bonds. The first-order valence-corrected chi connectivity index (χ1v) is 14.5. The molecule has 39 heavy (non-hydrogen) atoms. The molecule has 1 saturated carbocycles. The number of benzene rings is 2. The van der Waals surface area contributed by atoms with Crippen molar-refractivity contribution in [1.29, 1.82) is 0 Å². The second-order valence-electron chi connectivity index (χ2n) is 11.3. The largest absolute Gasteiger partial charge is 0.497 e. The first-order chi connectivity index (χ1) is 18.5. The summed E-state index contributed by atoms with van der Waals surface area (Å²) in [5.74, 6) is 1.47. The highest BCUT2D eigenvalue weighted by molar-refractivity contribution is 6.30. The van der Waals surface area contributed by atoms with Gasteiger partial charge in [0.2, 0.25) is 11.8 Å². The van der Waals surface area contributed by atoms with Gasteiger partial charge >= 0.3 is 0 Å². The number of methoxy groups -OCH3 is 1. The number of nitrogens with zero attached hydrogens (tertiary/aromatic N) is 2. The molecule has 2 saturated heterocycles. The molecule has 3 fully saturated rings. The molecule has 2 aromatic rings. The molecule has 1 unspecified atom stereocenters. The third-order valence-electron chi connectivity index (χ3n) is 8.97. The number of piperidine rings is 1. The molecule has 0 aromatic heterocycles. The van der Waals surface area contributed by atoms with Gasteiger partial charge in [0, 0.05) is 30.6 Å². The number of rotatable bonds is 9. The van der Waals surface area contributed by atoms with E-state index < -0.39 is 0 Å².